The highest BCUT2D eigenvalue weighted by Gasteiger charge is 2.29. The van der Waals surface area contributed by atoms with Gasteiger partial charge in [0.05, 0.1) is 0 Å². The van der Waals surface area contributed by atoms with Gasteiger partial charge < -0.3 is 10.1 Å². The van der Waals surface area contributed by atoms with Crippen molar-refractivity contribution in [1.82, 2.24) is 9.97 Å². The molecule has 1 N–H and O–H groups in total. The van der Waals surface area contributed by atoms with E-state index in [1.54, 1.807) is 0 Å². The minimum Gasteiger partial charge on any atom is -0.381 e. The van der Waals surface area contributed by atoms with Crippen molar-refractivity contribution in [3.63, 3.8) is 0 Å². The van der Waals surface area contributed by atoms with Crippen LogP contribution in [0.3, 0.4) is 0 Å². The quantitative estimate of drug-likeness (QED) is 0.845. The maximum Gasteiger partial charge on any atom is 0.137 e. The highest BCUT2D eigenvalue weighted by molar-refractivity contribution is 6.30. The Kier molecular flexibility index (Phi) is 4.26. The molecule has 4 nitrogen and oxygen atoms in total. The topological polar surface area (TPSA) is 47.0 Å². The lowest BCUT2D eigenvalue weighted by atomic mass is 9.92. The predicted octanol–water partition coefficient (Wildman–Crippen LogP) is 3.72. The Morgan fingerprint density at radius 3 is 2.35 bits per heavy atom. The Morgan fingerprint density at radius 2 is 1.80 bits per heavy atom. The zero-order valence-electron chi connectivity index (χ0n) is 13.0. The molecule has 20 heavy (non-hydrogen) atoms. The second kappa shape index (κ2) is 5.49. The molecule has 1 aliphatic rings. The van der Waals surface area contributed by atoms with Gasteiger partial charge in [0.2, 0.25) is 0 Å². The van der Waals surface area contributed by atoms with Crippen LogP contribution in [0, 0.1) is 6.92 Å². The molecule has 1 aromatic rings. The molecule has 0 aliphatic carbocycles. The normalized spacial score (nSPS) is 18.9. The van der Waals surface area contributed by atoms with E-state index in [1.165, 1.54) is 0 Å². The summed E-state index contributed by atoms with van der Waals surface area (Å²) in [5.74, 6) is 1.62. The maximum absolute atomic E-state index is 6.27. The minimum absolute atomic E-state index is 0.00977. The molecule has 2 rings (SSSR count). The first-order chi connectivity index (χ1) is 9.21. The van der Waals surface area contributed by atoms with Crippen LogP contribution in [0.4, 0.5) is 5.82 Å². The van der Waals surface area contributed by atoms with Crippen LogP contribution in [0.2, 0.25) is 5.15 Å². The molecule has 0 atom stereocenters. The van der Waals surface area contributed by atoms with Crippen molar-refractivity contribution in [2.75, 3.05) is 18.5 Å². The lowest BCUT2D eigenvalue weighted by Gasteiger charge is -2.35. The van der Waals surface area contributed by atoms with E-state index in [0.29, 0.717) is 5.15 Å². The van der Waals surface area contributed by atoms with Crippen molar-refractivity contribution in [2.24, 2.45) is 0 Å². The van der Waals surface area contributed by atoms with Gasteiger partial charge in [-0.25, -0.2) is 9.97 Å². The van der Waals surface area contributed by atoms with E-state index in [1.807, 2.05) is 6.92 Å². The Morgan fingerprint density at radius 1 is 1.20 bits per heavy atom. The summed E-state index contributed by atoms with van der Waals surface area (Å²) >= 11 is 6.27. The molecule has 0 bridgehead atoms. The molecule has 1 aliphatic heterocycles. The molecule has 0 radical (unpaired) electrons. The highest BCUT2D eigenvalue weighted by atomic mass is 35.5. The van der Waals surface area contributed by atoms with E-state index < -0.39 is 0 Å². The number of halogens is 1. The van der Waals surface area contributed by atoms with Gasteiger partial charge in [0.15, 0.2) is 0 Å². The third-order valence-electron chi connectivity index (χ3n) is 3.77. The van der Waals surface area contributed by atoms with E-state index >= 15 is 0 Å². The first-order valence-electron chi connectivity index (χ1n) is 7.12. The van der Waals surface area contributed by atoms with E-state index in [2.05, 4.69) is 38.0 Å². The number of aromatic nitrogens is 2. The Balaban J connectivity index is 2.33. The zero-order valence-corrected chi connectivity index (χ0v) is 13.8. The number of hydrogen-bond acceptors (Lipinski definition) is 4. The summed E-state index contributed by atoms with van der Waals surface area (Å²) in [7, 11) is 0. The van der Waals surface area contributed by atoms with Crippen LogP contribution in [-0.2, 0) is 10.2 Å². The van der Waals surface area contributed by atoms with E-state index in [4.69, 9.17) is 21.3 Å². The molecule has 0 amide bonds. The van der Waals surface area contributed by atoms with Crippen LogP contribution >= 0.6 is 11.6 Å². The van der Waals surface area contributed by atoms with Crippen molar-refractivity contribution < 1.29 is 4.74 Å². The van der Waals surface area contributed by atoms with E-state index in [0.717, 1.165) is 43.3 Å². The van der Waals surface area contributed by atoms with Crippen LogP contribution in [0.25, 0.3) is 0 Å². The largest absolute Gasteiger partial charge is 0.381 e. The molecule has 112 valence electrons. The van der Waals surface area contributed by atoms with Gasteiger partial charge in [-0.05, 0) is 26.7 Å². The molecule has 1 fully saturated rings. The van der Waals surface area contributed by atoms with Crippen molar-refractivity contribution in [2.45, 2.75) is 58.4 Å². The molecule has 5 heteroatoms. The highest BCUT2D eigenvalue weighted by Crippen LogP contribution is 2.30. The van der Waals surface area contributed by atoms with Crippen molar-refractivity contribution in [1.29, 1.82) is 0 Å². The molecular weight excluding hydrogens is 274 g/mol. The summed E-state index contributed by atoms with van der Waals surface area (Å²) in [6, 6.07) is 0. The maximum atomic E-state index is 6.27. The first-order valence-corrected chi connectivity index (χ1v) is 7.50. The number of nitrogens with zero attached hydrogens (tertiary/aromatic N) is 2. The first kappa shape index (κ1) is 15.5. The van der Waals surface area contributed by atoms with Crippen molar-refractivity contribution in [3.05, 3.63) is 16.5 Å². The number of rotatable bonds is 2. The second-order valence-electron chi connectivity index (χ2n) is 6.86. The van der Waals surface area contributed by atoms with Crippen LogP contribution in [-0.4, -0.2) is 28.7 Å². The van der Waals surface area contributed by atoms with Gasteiger partial charge in [0.1, 0.15) is 16.8 Å². The van der Waals surface area contributed by atoms with Gasteiger partial charge in [-0.3, -0.25) is 0 Å². The molecule has 1 saturated heterocycles. The third kappa shape index (κ3) is 3.41. The van der Waals surface area contributed by atoms with Gasteiger partial charge in [-0.15, -0.1) is 0 Å². The van der Waals surface area contributed by atoms with E-state index in [-0.39, 0.29) is 11.0 Å². The number of ether oxygens (including phenoxy) is 1. The van der Waals surface area contributed by atoms with Gasteiger partial charge >= 0.3 is 0 Å². The molecule has 0 spiro atoms. The summed E-state index contributed by atoms with van der Waals surface area (Å²) in [5, 5.41) is 4.09. The molecule has 1 aromatic heterocycles. The molecule has 0 saturated carbocycles. The average Bonchev–Trinajstić information content (AvgIpc) is 2.34. The van der Waals surface area contributed by atoms with Crippen LogP contribution in [0.1, 0.15) is 51.9 Å². The Labute approximate surface area is 126 Å². The SMILES string of the molecule is Cc1c(Cl)nc(C(C)(C)C)nc1NC1(C)CCOCC1. The standard InChI is InChI=1S/C15H24ClN3O/c1-10-11(16)17-13(14(2,3)4)18-12(10)19-15(5)6-8-20-9-7-15/h6-9H2,1-5H3,(H,17,18,19). The summed E-state index contributed by atoms with van der Waals surface area (Å²) in [4.78, 5) is 9.11. The fourth-order valence-corrected chi connectivity index (χ4v) is 2.35. The van der Waals surface area contributed by atoms with Crippen LogP contribution in [0.5, 0.6) is 0 Å². The van der Waals surface area contributed by atoms with Gasteiger partial charge in [-0.2, -0.15) is 0 Å². The molecule has 2 heterocycles. The fraction of sp³-hybridized carbons (Fsp3) is 0.733. The molecule has 0 unspecified atom stereocenters. The number of nitrogens with one attached hydrogen (secondary N) is 1. The monoisotopic (exact) mass is 297 g/mol. The molecule has 0 aromatic carbocycles. The minimum atomic E-state index is -0.121. The Bertz CT molecular complexity index is 491. The summed E-state index contributed by atoms with van der Waals surface area (Å²) < 4.78 is 5.44. The lowest BCUT2D eigenvalue weighted by Crippen LogP contribution is -2.41. The molecular formula is C15H24ClN3O. The van der Waals surface area contributed by atoms with Crippen molar-refractivity contribution >= 4 is 17.4 Å². The third-order valence-corrected chi connectivity index (χ3v) is 4.14. The van der Waals surface area contributed by atoms with Crippen molar-refractivity contribution in [3.8, 4) is 0 Å². The van der Waals surface area contributed by atoms with E-state index in [9.17, 15) is 0 Å². The fourth-order valence-electron chi connectivity index (χ4n) is 2.18. The summed E-state index contributed by atoms with van der Waals surface area (Å²) in [6.07, 6.45) is 1.94. The van der Waals surface area contributed by atoms with Gasteiger partial charge in [0, 0.05) is 29.7 Å². The van der Waals surface area contributed by atoms with Crippen LogP contribution < -0.4 is 5.32 Å². The average molecular weight is 298 g/mol. The van der Waals surface area contributed by atoms with Gasteiger partial charge in [-0.1, -0.05) is 32.4 Å². The van der Waals surface area contributed by atoms with Crippen LogP contribution in [0.15, 0.2) is 0 Å². The second-order valence-corrected chi connectivity index (χ2v) is 7.22. The zero-order chi connectivity index (χ0) is 15.0. The summed E-state index contributed by atoms with van der Waals surface area (Å²) in [5.41, 5.74) is 0.799. The Hall–Kier alpha value is -0.870. The van der Waals surface area contributed by atoms with Gasteiger partial charge in [0.25, 0.3) is 0 Å². The lowest BCUT2D eigenvalue weighted by molar-refractivity contribution is 0.0657. The summed E-state index contributed by atoms with van der Waals surface area (Å²) in [6.45, 7) is 12.0. The number of anilines is 1. The number of hydrogen-bond donors (Lipinski definition) is 1. The smallest absolute Gasteiger partial charge is 0.137 e. The predicted molar refractivity (Wildman–Crippen MR) is 82.6 cm³/mol.